The highest BCUT2D eigenvalue weighted by Gasteiger charge is 2.12. The van der Waals surface area contributed by atoms with Gasteiger partial charge in [-0.1, -0.05) is 26.7 Å². The Morgan fingerprint density at radius 2 is 1.18 bits per heavy atom. The number of azo groups is 1. The Balaban J connectivity index is 4.11. The van der Waals surface area contributed by atoms with Crippen LogP contribution >= 0.6 is 0 Å². The quantitative estimate of drug-likeness (QED) is 0.220. The van der Waals surface area contributed by atoms with Gasteiger partial charge in [0.05, 0.1) is 25.4 Å². The predicted molar refractivity (Wildman–Crippen MR) is 103 cm³/mol. The van der Waals surface area contributed by atoms with E-state index in [2.05, 4.69) is 10.2 Å². The zero-order valence-electron chi connectivity index (χ0n) is 17.1. The van der Waals surface area contributed by atoms with Crippen LogP contribution in [-0.4, -0.2) is 37.2 Å². The van der Waals surface area contributed by atoms with Crippen LogP contribution in [0.25, 0.3) is 0 Å². The Hall–Kier alpha value is -2.48. The van der Waals surface area contributed by atoms with E-state index in [0.29, 0.717) is 38.9 Å². The second-order valence-corrected chi connectivity index (χ2v) is 6.45. The fourth-order valence-electron chi connectivity index (χ4n) is 2.14. The minimum absolute atomic E-state index is 0.235. The van der Waals surface area contributed by atoms with Gasteiger partial charge in [-0.05, 0) is 38.5 Å². The van der Waals surface area contributed by atoms with Crippen LogP contribution in [0.15, 0.2) is 10.2 Å². The Kier molecular flexibility index (Phi) is 16.3. The first kappa shape index (κ1) is 25.5. The van der Waals surface area contributed by atoms with Crippen LogP contribution in [-0.2, 0) is 19.1 Å². The SMILES string of the molecule is CCCCOC(=O)CCCC(C#N)N=NC(C#N)CCCC(=O)OCCCC. The van der Waals surface area contributed by atoms with E-state index >= 15 is 0 Å². The third-order valence-electron chi connectivity index (χ3n) is 3.88. The summed E-state index contributed by atoms with van der Waals surface area (Å²) in [6.07, 6.45) is 5.79. The zero-order chi connectivity index (χ0) is 21.0. The van der Waals surface area contributed by atoms with Gasteiger partial charge in [0, 0.05) is 12.8 Å². The highest BCUT2D eigenvalue weighted by Crippen LogP contribution is 2.10. The maximum Gasteiger partial charge on any atom is 0.305 e. The number of unbranched alkanes of at least 4 members (excludes halogenated alkanes) is 2. The number of esters is 2. The molecule has 0 amide bonds. The number of carbonyl (C=O) groups excluding carboxylic acids is 2. The van der Waals surface area contributed by atoms with Crippen molar-refractivity contribution in [2.24, 2.45) is 10.2 Å². The maximum absolute atomic E-state index is 11.5. The van der Waals surface area contributed by atoms with Gasteiger partial charge >= 0.3 is 11.9 Å². The summed E-state index contributed by atoms with van der Waals surface area (Å²) in [5.74, 6) is -0.550. The van der Waals surface area contributed by atoms with Gasteiger partial charge in [-0.3, -0.25) is 9.59 Å². The van der Waals surface area contributed by atoms with Crippen molar-refractivity contribution in [2.45, 2.75) is 90.1 Å². The molecule has 0 aliphatic heterocycles. The average Bonchev–Trinajstić information content (AvgIpc) is 2.69. The molecule has 0 heterocycles. The minimum atomic E-state index is -0.696. The highest BCUT2D eigenvalue weighted by atomic mass is 16.5. The van der Waals surface area contributed by atoms with Crippen molar-refractivity contribution in [1.29, 1.82) is 10.5 Å². The van der Waals surface area contributed by atoms with E-state index < -0.39 is 12.1 Å². The minimum Gasteiger partial charge on any atom is -0.466 e. The van der Waals surface area contributed by atoms with Crippen molar-refractivity contribution in [3.05, 3.63) is 0 Å². The van der Waals surface area contributed by atoms with Crippen molar-refractivity contribution in [1.82, 2.24) is 0 Å². The summed E-state index contributed by atoms with van der Waals surface area (Å²) in [7, 11) is 0. The molecule has 0 radical (unpaired) electrons. The molecule has 0 bridgehead atoms. The molecule has 0 saturated heterocycles. The first-order valence-electron chi connectivity index (χ1n) is 10.1. The molecule has 0 aromatic rings. The van der Waals surface area contributed by atoms with Gasteiger partial charge in [0.25, 0.3) is 0 Å². The van der Waals surface area contributed by atoms with Gasteiger partial charge in [-0.2, -0.15) is 20.8 Å². The number of hydrogen-bond acceptors (Lipinski definition) is 8. The Morgan fingerprint density at radius 1 is 0.786 bits per heavy atom. The monoisotopic (exact) mass is 392 g/mol. The lowest BCUT2D eigenvalue weighted by Crippen LogP contribution is -2.09. The molecule has 2 atom stereocenters. The number of hydrogen-bond donors (Lipinski definition) is 0. The van der Waals surface area contributed by atoms with Crippen molar-refractivity contribution in [3.63, 3.8) is 0 Å². The smallest absolute Gasteiger partial charge is 0.305 e. The van der Waals surface area contributed by atoms with E-state index in [-0.39, 0.29) is 24.8 Å². The largest absolute Gasteiger partial charge is 0.466 e. The van der Waals surface area contributed by atoms with Gasteiger partial charge in [-0.15, -0.1) is 0 Å². The summed E-state index contributed by atoms with van der Waals surface area (Å²) in [4.78, 5) is 23.0. The summed E-state index contributed by atoms with van der Waals surface area (Å²) in [6.45, 7) is 4.88. The molecule has 8 nitrogen and oxygen atoms in total. The molecule has 0 aliphatic carbocycles. The molecule has 0 saturated carbocycles. The van der Waals surface area contributed by atoms with E-state index in [1.54, 1.807) is 0 Å². The fourth-order valence-corrected chi connectivity index (χ4v) is 2.14. The van der Waals surface area contributed by atoms with Crippen LogP contribution in [0.1, 0.15) is 78.1 Å². The normalized spacial score (nSPS) is 12.7. The molecule has 0 rings (SSSR count). The fraction of sp³-hybridized carbons (Fsp3) is 0.800. The molecule has 0 spiro atoms. The molecular weight excluding hydrogens is 360 g/mol. The lowest BCUT2D eigenvalue weighted by Gasteiger charge is -2.06. The number of ether oxygens (including phenoxy) is 2. The zero-order valence-corrected chi connectivity index (χ0v) is 17.1. The van der Waals surface area contributed by atoms with Gasteiger partial charge < -0.3 is 9.47 Å². The second kappa shape index (κ2) is 17.9. The molecule has 0 N–H and O–H groups in total. The lowest BCUT2D eigenvalue weighted by molar-refractivity contribution is -0.144. The maximum atomic E-state index is 11.5. The molecule has 8 heteroatoms. The van der Waals surface area contributed by atoms with Crippen molar-refractivity contribution < 1.29 is 19.1 Å². The molecular formula is C20H32N4O4. The van der Waals surface area contributed by atoms with E-state index in [4.69, 9.17) is 20.0 Å². The van der Waals surface area contributed by atoms with Gasteiger partial charge in [-0.25, -0.2) is 0 Å². The first-order valence-corrected chi connectivity index (χ1v) is 10.1. The van der Waals surface area contributed by atoms with Crippen molar-refractivity contribution in [2.75, 3.05) is 13.2 Å². The molecule has 28 heavy (non-hydrogen) atoms. The Labute approximate surface area is 167 Å². The summed E-state index contributed by atoms with van der Waals surface area (Å²) in [6, 6.07) is 2.64. The van der Waals surface area contributed by atoms with Crippen LogP contribution in [0.4, 0.5) is 0 Å². The van der Waals surface area contributed by atoms with Crippen LogP contribution in [0.5, 0.6) is 0 Å². The third kappa shape index (κ3) is 14.7. The second-order valence-electron chi connectivity index (χ2n) is 6.45. The summed E-state index contributed by atoms with van der Waals surface area (Å²) in [5, 5.41) is 26.1. The number of nitriles is 2. The first-order chi connectivity index (χ1) is 13.6. The van der Waals surface area contributed by atoms with Crippen molar-refractivity contribution >= 4 is 11.9 Å². The van der Waals surface area contributed by atoms with E-state index in [9.17, 15) is 9.59 Å². The van der Waals surface area contributed by atoms with E-state index in [0.717, 1.165) is 25.7 Å². The average molecular weight is 393 g/mol. The van der Waals surface area contributed by atoms with Gasteiger partial charge in [0.1, 0.15) is 0 Å². The molecule has 156 valence electrons. The van der Waals surface area contributed by atoms with Crippen LogP contribution in [0.2, 0.25) is 0 Å². The van der Waals surface area contributed by atoms with Gasteiger partial charge in [0.15, 0.2) is 12.1 Å². The van der Waals surface area contributed by atoms with Gasteiger partial charge in [0.2, 0.25) is 0 Å². The predicted octanol–water partition coefficient (Wildman–Crippen LogP) is 4.25. The van der Waals surface area contributed by atoms with E-state index in [1.165, 1.54) is 0 Å². The number of rotatable bonds is 16. The van der Waals surface area contributed by atoms with E-state index in [1.807, 2.05) is 26.0 Å². The molecule has 0 aliphatic rings. The number of nitrogens with zero attached hydrogens (tertiary/aromatic N) is 4. The van der Waals surface area contributed by atoms with Crippen LogP contribution < -0.4 is 0 Å². The molecule has 0 aromatic heterocycles. The standard InChI is InChI=1S/C20H32N4O4/c1-3-5-13-27-19(25)11-7-9-17(15-21)23-24-18(16-22)10-8-12-20(26)28-14-6-4-2/h17-18H,3-14H2,1-2H3. The lowest BCUT2D eigenvalue weighted by atomic mass is 10.1. The summed E-state index contributed by atoms with van der Waals surface area (Å²) in [5.41, 5.74) is 0. The number of carbonyl (C=O) groups is 2. The summed E-state index contributed by atoms with van der Waals surface area (Å²) >= 11 is 0. The van der Waals surface area contributed by atoms with Crippen molar-refractivity contribution in [3.8, 4) is 12.1 Å². The Morgan fingerprint density at radius 3 is 1.50 bits per heavy atom. The Bertz CT molecular complexity index is 503. The summed E-state index contributed by atoms with van der Waals surface area (Å²) < 4.78 is 10.1. The third-order valence-corrected chi connectivity index (χ3v) is 3.88. The van der Waals surface area contributed by atoms with Crippen LogP contribution in [0.3, 0.4) is 0 Å². The topological polar surface area (TPSA) is 125 Å². The molecule has 2 unspecified atom stereocenters. The molecule has 0 fully saturated rings. The van der Waals surface area contributed by atoms with Crippen LogP contribution in [0, 0.1) is 22.7 Å². The molecule has 0 aromatic carbocycles. The highest BCUT2D eigenvalue weighted by molar-refractivity contribution is 5.69.